The van der Waals surface area contributed by atoms with E-state index < -0.39 is 22.8 Å². The Balaban J connectivity index is -0.000000542. The van der Waals surface area contributed by atoms with E-state index in [4.69, 9.17) is 0 Å². The van der Waals surface area contributed by atoms with Gasteiger partial charge >= 0.3 is 121 Å². The summed E-state index contributed by atoms with van der Waals surface area (Å²) in [4.78, 5) is 21.8. The Hall–Kier alpha value is -0.261. The van der Waals surface area contributed by atoms with Gasteiger partial charge in [-0.15, -0.1) is 0 Å². The third-order valence-electron chi connectivity index (χ3n) is 9.01. The van der Waals surface area contributed by atoms with E-state index in [-0.39, 0.29) is 21.1 Å². The number of rotatable bonds is 26. The summed E-state index contributed by atoms with van der Waals surface area (Å²) in [6, 6.07) is 0. The molecular formula is C36H72O4Sn. The Morgan fingerprint density at radius 2 is 0.707 bits per heavy atom. The molecule has 0 saturated heterocycles. The summed E-state index contributed by atoms with van der Waals surface area (Å²) in [6.07, 6.45) is 26.2. The molecule has 0 aliphatic rings. The number of carboxylic acids is 2. The first-order valence-electron chi connectivity index (χ1n) is 17.8. The molecule has 41 heavy (non-hydrogen) atoms. The van der Waals surface area contributed by atoms with E-state index >= 15 is 0 Å². The van der Waals surface area contributed by atoms with Crippen molar-refractivity contribution in [2.45, 2.75) is 206 Å². The van der Waals surface area contributed by atoms with Crippen LogP contribution in [0.1, 0.15) is 197 Å². The summed E-state index contributed by atoms with van der Waals surface area (Å²) in [7, 11) is 0. The Morgan fingerprint density at radius 1 is 0.439 bits per heavy atom. The van der Waals surface area contributed by atoms with Gasteiger partial charge in [-0.05, 0) is 38.5 Å². The van der Waals surface area contributed by atoms with E-state index in [1.54, 1.807) is 21.7 Å². The van der Waals surface area contributed by atoms with Crippen molar-refractivity contribution in [3.05, 3.63) is 0 Å². The zero-order valence-electron chi connectivity index (χ0n) is 29.1. The van der Waals surface area contributed by atoms with Gasteiger partial charge in [0.05, 0.1) is 0 Å². The van der Waals surface area contributed by atoms with Crippen LogP contribution in [0.2, 0.25) is 8.87 Å². The quantitative estimate of drug-likeness (QED) is 0.0670. The Morgan fingerprint density at radius 3 is 0.951 bits per heavy atom. The first-order chi connectivity index (χ1) is 19.7. The van der Waals surface area contributed by atoms with Gasteiger partial charge in [0.2, 0.25) is 0 Å². The number of hydrogen-bond acceptors (Lipinski definition) is 4. The maximum atomic E-state index is 10.9. The minimum atomic E-state index is -0.874. The molecule has 0 rings (SSSR count). The van der Waals surface area contributed by atoms with Crippen LogP contribution in [-0.4, -0.2) is 33.1 Å². The topological polar surface area (TPSA) is 80.3 Å². The van der Waals surface area contributed by atoms with Crippen LogP contribution in [-0.2, 0) is 9.59 Å². The Bertz CT molecular complexity index is 508. The van der Waals surface area contributed by atoms with Crippen LogP contribution in [0, 0.1) is 10.8 Å². The van der Waals surface area contributed by atoms with Crippen LogP contribution >= 0.6 is 0 Å². The average Bonchev–Trinajstić information content (AvgIpc) is 2.97. The van der Waals surface area contributed by atoms with Gasteiger partial charge in [0.1, 0.15) is 0 Å². The molecule has 0 unspecified atom stereocenters. The van der Waals surface area contributed by atoms with Crippen LogP contribution in [0.15, 0.2) is 0 Å². The van der Waals surface area contributed by atoms with Crippen LogP contribution in [0.4, 0.5) is 0 Å². The molecule has 0 fully saturated rings. The molecule has 0 saturated carbocycles. The van der Waals surface area contributed by atoms with Crippen molar-refractivity contribution in [2.24, 2.45) is 10.8 Å². The van der Waals surface area contributed by atoms with Gasteiger partial charge in [-0.1, -0.05) is 67.2 Å². The fourth-order valence-electron chi connectivity index (χ4n) is 5.20. The van der Waals surface area contributed by atoms with Crippen molar-refractivity contribution >= 4 is 33.1 Å². The molecule has 0 N–H and O–H groups in total. The molecule has 0 radical (unpaired) electrons. The summed E-state index contributed by atoms with van der Waals surface area (Å²) >= 11 is 0.0736. The minimum absolute atomic E-state index is 0.0736. The number of aliphatic carboxylic acids is 2. The van der Waals surface area contributed by atoms with Crippen LogP contribution in [0.3, 0.4) is 0 Å². The summed E-state index contributed by atoms with van der Waals surface area (Å²) in [6.45, 7) is 16.5. The molecule has 5 heteroatoms. The number of carboxylic acid groups (broad SMARTS) is 2. The van der Waals surface area contributed by atoms with Crippen molar-refractivity contribution < 1.29 is 19.8 Å². The fourth-order valence-corrected chi connectivity index (χ4v) is 8.77. The Labute approximate surface area is 268 Å². The second kappa shape index (κ2) is 32.6. The van der Waals surface area contributed by atoms with E-state index in [0.717, 1.165) is 38.5 Å². The number of hydrogen-bond donors (Lipinski definition) is 0. The molecule has 0 amide bonds. The zero-order chi connectivity index (χ0) is 31.8. The third kappa shape index (κ3) is 24.8. The maximum absolute atomic E-state index is 10.9. The van der Waals surface area contributed by atoms with E-state index in [2.05, 4.69) is 27.7 Å². The summed E-state index contributed by atoms with van der Waals surface area (Å²) in [5.41, 5.74) is -1.12. The normalized spacial score (nSPS) is 11.1. The van der Waals surface area contributed by atoms with Crippen molar-refractivity contribution in [3.63, 3.8) is 0 Å². The molecule has 0 aliphatic heterocycles. The standard InChI is InChI=1S/2C10H20O2.2C8H17.Sn/c2*1-4-7-8-10(5-2,6-3)9(11)12;2*1-3-5-7-8-6-4-2;/h2*4-8H2,1-3H3,(H,11,12);2*1,3-8H2,2H3;/q;;;;+2/p-2. The van der Waals surface area contributed by atoms with Crippen LogP contribution in [0.25, 0.3) is 0 Å². The molecule has 0 heterocycles. The van der Waals surface area contributed by atoms with Gasteiger partial charge in [0.15, 0.2) is 0 Å². The molecule has 0 aromatic heterocycles. The summed E-state index contributed by atoms with van der Waals surface area (Å²) in [5, 5.41) is 21.8. The molecule has 0 bridgehead atoms. The van der Waals surface area contributed by atoms with Gasteiger partial charge in [-0.25, -0.2) is 0 Å². The molecule has 0 aromatic rings. The first kappa shape index (κ1) is 45.2. The molecule has 0 atom stereocenters. The van der Waals surface area contributed by atoms with E-state index in [0.29, 0.717) is 25.7 Å². The molecule has 0 aromatic carbocycles. The van der Waals surface area contributed by atoms with Gasteiger partial charge in [0, 0.05) is 22.8 Å². The number of carbonyl (C=O) groups excluding carboxylic acids is 2. The first-order valence-corrected chi connectivity index (χ1v) is 21.8. The van der Waals surface area contributed by atoms with Gasteiger partial charge in [-0.2, -0.15) is 0 Å². The second-order valence-electron chi connectivity index (χ2n) is 12.0. The SMILES string of the molecule is CCCCC(CC)(CC)C(=O)[O-].CCCCC(CC)(CC)C(=O)[O-].CCCCCCC[CH2][Sn+2][CH2]CCCCCCC. The monoisotopic (exact) mass is 688 g/mol. The van der Waals surface area contributed by atoms with Crippen molar-refractivity contribution in [1.29, 1.82) is 0 Å². The van der Waals surface area contributed by atoms with Gasteiger partial charge in [0.25, 0.3) is 0 Å². The third-order valence-corrected chi connectivity index (χ3v) is 13.0. The predicted octanol–water partition coefficient (Wildman–Crippen LogP) is 9.71. The van der Waals surface area contributed by atoms with E-state index in [9.17, 15) is 19.8 Å². The summed E-state index contributed by atoms with van der Waals surface area (Å²) in [5.74, 6) is -1.75. The van der Waals surface area contributed by atoms with Crippen LogP contribution < -0.4 is 10.2 Å². The van der Waals surface area contributed by atoms with Gasteiger partial charge in [-0.3, -0.25) is 0 Å². The average molecular weight is 688 g/mol. The van der Waals surface area contributed by atoms with Crippen molar-refractivity contribution in [3.8, 4) is 0 Å². The molecule has 0 spiro atoms. The van der Waals surface area contributed by atoms with E-state index in [1.165, 1.54) is 64.2 Å². The zero-order valence-corrected chi connectivity index (χ0v) is 32.0. The fraction of sp³-hybridized carbons (Fsp3) is 0.944. The van der Waals surface area contributed by atoms with Crippen molar-refractivity contribution in [1.82, 2.24) is 0 Å². The summed E-state index contributed by atoms with van der Waals surface area (Å²) < 4.78 is 3.31. The molecule has 244 valence electrons. The van der Waals surface area contributed by atoms with E-state index in [1.807, 2.05) is 27.7 Å². The molecule has 0 aliphatic carbocycles. The molecule has 4 nitrogen and oxygen atoms in total. The molecular weight excluding hydrogens is 615 g/mol. The predicted molar refractivity (Wildman–Crippen MR) is 177 cm³/mol. The van der Waals surface area contributed by atoms with Crippen LogP contribution in [0.5, 0.6) is 0 Å². The number of carbonyl (C=O) groups is 2. The Kier molecular flexibility index (Phi) is 36.0. The second-order valence-corrected chi connectivity index (χ2v) is 16.3. The van der Waals surface area contributed by atoms with Gasteiger partial charge < -0.3 is 19.8 Å². The number of unbranched alkanes of at least 4 members (excludes halogenated alkanes) is 12. The van der Waals surface area contributed by atoms with Crippen molar-refractivity contribution in [2.75, 3.05) is 0 Å².